The number of hydrogen-bond donors (Lipinski definition) is 2. The molecule has 0 fully saturated rings. The number of carbonyl (C=O) groups is 2. The summed E-state index contributed by atoms with van der Waals surface area (Å²) in [5.41, 5.74) is -0.631. The van der Waals surface area contributed by atoms with Crippen molar-refractivity contribution in [2.24, 2.45) is 0 Å². The first-order valence-electron chi connectivity index (χ1n) is 7.20. The fourth-order valence-corrected chi connectivity index (χ4v) is 2.47. The summed E-state index contributed by atoms with van der Waals surface area (Å²) in [7, 11) is 1.10. The van der Waals surface area contributed by atoms with Crippen molar-refractivity contribution in [1.82, 2.24) is 4.90 Å². The molecule has 0 saturated heterocycles. The SMILES string of the molecule is COC(=O)C1=C(Nc2cc(Cl)ccc2OC(F)(F)F)C(=O)N(CCO)C1. The van der Waals surface area contributed by atoms with Crippen molar-refractivity contribution >= 4 is 29.2 Å². The number of aliphatic hydroxyl groups is 1. The van der Waals surface area contributed by atoms with Gasteiger partial charge in [-0.2, -0.15) is 0 Å². The third-order valence-electron chi connectivity index (χ3n) is 3.38. The summed E-state index contributed by atoms with van der Waals surface area (Å²) in [6.07, 6.45) is -4.97. The average molecular weight is 395 g/mol. The van der Waals surface area contributed by atoms with Crippen LogP contribution in [0.15, 0.2) is 29.5 Å². The highest BCUT2D eigenvalue weighted by Gasteiger charge is 2.36. The molecule has 1 heterocycles. The number of methoxy groups -OCH3 is 1. The summed E-state index contributed by atoms with van der Waals surface area (Å²) in [6.45, 7) is -0.580. The van der Waals surface area contributed by atoms with Crippen LogP contribution in [0.1, 0.15) is 0 Å². The number of nitrogens with one attached hydrogen (secondary N) is 1. The molecule has 1 aliphatic heterocycles. The van der Waals surface area contributed by atoms with Crippen molar-refractivity contribution in [2.45, 2.75) is 6.36 Å². The van der Waals surface area contributed by atoms with Crippen molar-refractivity contribution in [1.29, 1.82) is 0 Å². The summed E-state index contributed by atoms with van der Waals surface area (Å²) in [4.78, 5) is 25.4. The zero-order chi connectivity index (χ0) is 19.5. The lowest BCUT2D eigenvalue weighted by Crippen LogP contribution is -2.31. The Labute approximate surface area is 150 Å². The molecule has 1 aromatic carbocycles. The molecule has 1 amide bonds. The van der Waals surface area contributed by atoms with Gasteiger partial charge in [0.05, 0.1) is 31.5 Å². The number of benzene rings is 1. The van der Waals surface area contributed by atoms with Crippen LogP contribution < -0.4 is 10.1 Å². The number of carbonyl (C=O) groups excluding carboxylic acids is 2. The maximum Gasteiger partial charge on any atom is 0.573 e. The van der Waals surface area contributed by atoms with Crippen molar-refractivity contribution in [3.05, 3.63) is 34.5 Å². The number of amides is 1. The smallest absolute Gasteiger partial charge is 0.466 e. The van der Waals surface area contributed by atoms with Gasteiger partial charge in [0.2, 0.25) is 0 Å². The normalized spacial score (nSPS) is 14.7. The summed E-state index contributed by atoms with van der Waals surface area (Å²) in [6, 6.07) is 3.27. The number of ether oxygens (including phenoxy) is 2. The van der Waals surface area contributed by atoms with E-state index in [2.05, 4.69) is 14.8 Å². The van der Waals surface area contributed by atoms with Gasteiger partial charge in [-0.3, -0.25) is 4.79 Å². The average Bonchev–Trinajstić information content (AvgIpc) is 2.85. The molecule has 0 atom stereocenters. The Balaban J connectivity index is 2.42. The summed E-state index contributed by atoms with van der Waals surface area (Å²) >= 11 is 5.80. The summed E-state index contributed by atoms with van der Waals surface area (Å²) < 4.78 is 46.2. The van der Waals surface area contributed by atoms with Gasteiger partial charge in [0.15, 0.2) is 5.75 Å². The number of alkyl halides is 3. The van der Waals surface area contributed by atoms with Crippen molar-refractivity contribution in [2.75, 3.05) is 32.1 Å². The Morgan fingerprint density at radius 1 is 1.42 bits per heavy atom. The van der Waals surface area contributed by atoms with Gasteiger partial charge in [-0.1, -0.05) is 11.6 Å². The van der Waals surface area contributed by atoms with Crippen LogP contribution in [-0.2, 0) is 14.3 Å². The Hall–Kier alpha value is -2.46. The van der Waals surface area contributed by atoms with E-state index >= 15 is 0 Å². The molecule has 0 saturated carbocycles. The molecule has 1 aliphatic rings. The fourth-order valence-electron chi connectivity index (χ4n) is 2.30. The van der Waals surface area contributed by atoms with E-state index in [0.717, 1.165) is 24.1 Å². The Bertz CT molecular complexity index is 751. The van der Waals surface area contributed by atoms with E-state index in [1.165, 1.54) is 6.07 Å². The molecule has 142 valence electrons. The van der Waals surface area contributed by atoms with Gasteiger partial charge in [-0.25, -0.2) is 4.79 Å². The molecule has 7 nitrogen and oxygen atoms in total. The van der Waals surface area contributed by atoms with Gasteiger partial charge >= 0.3 is 12.3 Å². The van der Waals surface area contributed by atoms with Crippen molar-refractivity contribution in [3.8, 4) is 5.75 Å². The highest BCUT2D eigenvalue weighted by Crippen LogP contribution is 2.34. The van der Waals surface area contributed by atoms with Gasteiger partial charge in [-0.15, -0.1) is 13.2 Å². The molecule has 0 aromatic heterocycles. The van der Waals surface area contributed by atoms with Crippen LogP contribution in [0.2, 0.25) is 5.02 Å². The predicted molar refractivity (Wildman–Crippen MR) is 84.5 cm³/mol. The van der Waals surface area contributed by atoms with E-state index in [9.17, 15) is 22.8 Å². The van der Waals surface area contributed by atoms with E-state index < -0.39 is 24.0 Å². The van der Waals surface area contributed by atoms with Gasteiger partial charge < -0.3 is 24.8 Å². The standard InChI is InChI=1S/C15H14ClF3N2O5/c1-25-14(24)9-7-21(4-5-22)13(23)12(9)20-10-6-8(16)2-3-11(10)26-15(17,18)19/h2-3,6,20,22H,4-5,7H2,1H3. The lowest BCUT2D eigenvalue weighted by Gasteiger charge is -2.17. The highest BCUT2D eigenvalue weighted by atomic mass is 35.5. The third kappa shape index (κ3) is 4.58. The van der Waals surface area contributed by atoms with E-state index in [0.29, 0.717) is 0 Å². The topological polar surface area (TPSA) is 88.1 Å². The molecule has 0 aliphatic carbocycles. The maximum absolute atomic E-state index is 12.6. The third-order valence-corrected chi connectivity index (χ3v) is 3.62. The molecule has 2 N–H and O–H groups in total. The number of nitrogens with zero attached hydrogens (tertiary/aromatic N) is 1. The first-order chi connectivity index (χ1) is 12.2. The quantitative estimate of drug-likeness (QED) is 0.717. The number of esters is 1. The predicted octanol–water partition coefficient (Wildman–Crippen LogP) is 1.91. The lowest BCUT2D eigenvalue weighted by molar-refractivity contribution is -0.274. The van der Waals surface area contributed by atoms with Crippen molar-refractivity contribution < 1.29 is 37.3 Å². The second-order valence-corrected chi connectivity index (χ2v) is 5.55. The van der Waals surface area contributed by atoms with Crippen LogP contribution in [-0.4, -0.2) is 55.1 Å². The van der Waals surface area contributed by atoms with E-state index in [-0.39, 0.29) is 41.7 Å². The van der Waals surface area contributed by atoms with Crippen molar-refractivity contribution in [3.63, 3.8) is 0 Å². The van der Waals surface area contributed by atoms with Crippen LogP contribution in [0.4, 0.5) is 18.9 Å². The number of hydrogen-bond acceptors (Lipinski definition) is 6. The zero-order valence-electron chi connectivity index (χ0n) is 13.4. The van der Waals surface area contributed by atoms with Crippen LogP contribution in [0, 0.1) is 0 Å². The van der Waals surface area contributed by atoms with E-state index in [1.807, 2.05) is 0 Å². The number of β-amino-alcohol motifs (C(OH)–C–C–N with tert-alkyl or cyclic N) is 1. The monoisotopic (exact) mass is 394 g/mol. The van der Waals surface area contributed by atoms with Crippen LogP contribution >= 0.6 is 11.6 Å². The molecule has 0 bridgehead atoms. The lowest BCUT2D eigenvalue weighted by atomic mass is 10.2. The minimum Gasteiger partial charge on any atom is -0.466 e. The number of aliphatic hydroxyl groups excluding tert-OH is 1. The maximum atomic E-state index is 12.6. The highest BCUT2D eigenvalue weighted by molar-refractivity contribution is 6.31. The zero-order valence-corrected chi connectivity index (χ0v) is 14.1. The van der Waals surface area contributed by atoms with E-state index in [4.69, 9.17) is 16.7 Å². The van der Waals surface area contributed by atoms with E-state index in [1.54, 1.807) is 0 Å². The first kappa shape index (κ1) is 19.9. The summed E-state index contributed by atoms with van der Waals surface area (Å²) in [5, 5.41) is 11.6. The fraction of sp³-hybridized carbons (Fsp3) is 0.333. The van der Waals surface area contributed by atoms with Gasteiger partial charge in [0, 0.05) is 11.6 Å². The minimum atomic E-state index is -4.97. The van der Waals surface area contributed by atoms with Crippen LogP contribution in [0.3, 0.4) is 0 Å². The van der Waals surface area contributed by atoms with Gasteiger partial charge in [0.1, 0.15) is 5.70 Å². The molecule has 0 unspecified atom stereocenters. The first-order valence-corrected chi connectivity index (χ1v) is 7.58. The molecule has 2 rings (SSSR count). The Kier molecular flexibility index (Phi) is 5.98. The van der Waals surface area contributed by atoms with Gasteiger partial charge in [0.25, 0.3) is 5.91 Å². The van der Waals surface area contributed by atoms with Crippen LogP contribution in [0.5, 0.6) is 5.75 Å². The molecular weight excluding hydrogens is 381 g/mol. The molecule has 0 spiro atoms. The second kappa shape index (κ2) is 7.83. The van der Waals surface area contributed by atoms with Crippen LogP contribution in [0.25, 0.3) is 0 Å². The molecule has 11 heteroatoms. The number of halogens is 4. The Morgan fingerprint density at radius 2 is 2.12 bits per heavy atom. The largest absolute Gasteiger partial charge is 0.573 e. The number of anilines is 1. The molecule has 1 aromatic rings. The molecule has 26 heavy (non-hydrogen) atoms. The molecule has 0 radical (unpaired) electrons. The minimum absolute atomic E-state index is 0.0635. The number of rotatable bonds is 6. The van der Waals surface area contributed by atoms with Gasteiger partial charge in [-0.05, 0) is 18.2 Å². The molecular formula is C15H14ClF3N2O5. The Morgan fingerprint density at radius 3 is 2.69 bits per heavy atom. The second-order valence-electron chi connectivity index (χ2n) is 5.11. The summed E-state index contributed by atoms with van der Waals surface area (Å²) in [5.74, 6) is -2.15.